The standard InChI is InChI=1S/C33H33N5O3/c1-3-41-33(40)31-27(22-37(36-31)21-25-11-7-4-8-12-25)13-9-5-6-10-24-14-17-28(18-15-24)38-23-35-29-20-26(32(39)34-2)16-19-30(29)38/h4-8,11-12,14-20,22-23H,3,9-10,13,21H2,1-2H3,(H,34,39)/b6-5-. The summed E-state index contributed by atoms with van der Waals surface area (Å²) in [6.45, 7) is 2.72. The van der Waals surface area contributed by atoms with Crippen LogP contribution < -0.4 is 5.32 Å². The lowest BCUT2D eigenvalue weighted by atomic mass is 10.1. The first-order chi connectivity index (χ1) is 20.1. The third-order valence-electron chi connectivity index (χ3n) is 6.85. The average molecular weight is 548 g/mol. The second kappa shape index (κ2) is 12.9. The van der Waals surface area contributed by atoms with E-state index >= 15 is 0 Å². The molecule has 0 saturated heterocycles. The molecule has 0 radical (unpaired) electrons. The number of rotatable bonds is 11. The van der Waals surface area contributed by atoms with Gasteiger partial charge in [-0.1, -0.05) is 54.6 Å². The summed E-state index contributed by atoms with van der Waals surface area (Å²) >= 11 is 0. The van der Waals surface area contributed by atoms with Crippen molar-refractivity contribution in [2.45, 2.75) is 32.7 Å². The van der Waals surface area contributed by atoms with E-state index in [1.165, 1.54) is 5.56 Å². The summed E-state index contributed by atoms with van der Waals surface area (Å²) in [6, 6.07) is 23.9. The van der Waals surface area contributed by atoms with Crippen LogP contribution in [0.5, 0.6) is 0 Å². The van der Waals surface area contributed by atoms with Gasteiger partial charge in [0.25, 0.3) is 5.91 Å². The molecule has 0 saturated carbocycles. The van der Waals surface area contributed by atoms with Gasteiger partial charge in [-0.25, -0.2) is 9.78 Å². The van der Waals surface area contributed by atoms with Crippen LogP contribution in [0.1, 0.15) is 50.9 Å². The number of aromatic nitrogens is 4. The lowest BCUT2D eigenvalue weighted by Gasteiger charge is -2.06. The van der Waals surface area contributed by atoms with Gasteiger partial charge in [0.05, 0.1) is 24.2 Å². The number of hydrogen-bond donors (Lipinski definition) is 1. The Labute approximate surface area is 239 Å². The van der Waals surface area contributed by atoms with Crippen molar-refractivity contribution in [1.29, 1.82) is 0 Å². The Morgan fingerprint density at radius 3 is 2.54 bits per heavy atom. The maximum absolute atomic E-state index is 12.5. The third-order valence-corrected chi connectivity index (χ3v) is 6.85. The van der Waals surface area contributed by atoms with Crippen LogP contribution in [0.4, 0.5) is 0 Å². The minimum atomic E-state index is -0.379. The number of aryl methyl sites for hydroxylation is 1. The molecule has 1 N–H and O–H groups in total. The average Bonchev–Trinajstić information content (AvgIpc) is 3.61. The summed E-state index contributed by atoms with van der Waals surface area (Å²) in [4.78, 5) is 28.9. The van der Waals surface area contributed by atoms with Crippen molar-refractivity contribution in [2.24, 2.45) is 0 Å². The first-order valence-electron chi connectivity index (χ1n) is 13.8. The molecule has 8 heteroatoms. The van der Waals surface area contributed by atoms with E-state index in [1.807, 2.05) is 57.9 Å². The van der Waals surface area contributed by atoms with Gasteiger partial charge in [-0.3, -0.25) is 14.0 Å². The van der Waals surface area contributed by atoms with Crippen molar-refractivity contribution in [2.75, 3.05) is 13.7 Å². The number of fused-ring (bicyclic) bond motifs is 1. The van der Waals surface area contributed by atoms with Crippen LogP contribution >= 0.6 is 0 Å². The van der Waals surface area contributed by atoms with E-state index in [9.17, 15) is 9.59 Å². The molecule has 0 aliphatic carbocycles. The fraction of sp³-hybridized carbons (Fsp3) is 0.212. The monoisotopic (exact) mass is 547 g/mol. The van der Waals surface area contributed by atoms with E-state index < -0.39 is 0 Å². The number of carbonyl (C=O) groups excluding carboxylic acids is 2. The third kappa shape index (κ3) is 6.61. The minimum Gasteiger partial charge on any atom is -0.461 e. The molecule has 0 aliphatic rings. The number of ether oxygens (including phenoxy) is 1. The van der Waals surface area contributed by atoms with Crippen molar-refractivity contribution < 1.29 is 14.3 Å². The number of amides is 1. The van der Waals surface area contributed by atoms with Gasteiger partial charge in [0.1, 0.15) is 6.33 Å². The summed E-state index contributed by atoms with van der Waals surface area (Å²) < 4.78 is 9.07. The predicted molar refractivity (Wildman–Crippen MR) is 159 cm³/mol. The van der Waals surface area contributed by atoms with E-state index in [1.54, 1.807) is 26.4 Å². The molecule has 2 aromatic heterocycles. The van der Waals surface area contributed by atoms with Crippen LogP contribution in [0, 0.1) is 0 Å². The lowest BCUT2D eigenvalue weighted by molar-refractivity contribution is 0.0517. The van der Waals surface area contributed by atoms with Crippen LogP contribution in [-0.2, 0) is 24.1 Å². The molecule has 0 spiro atoms. The van der Waals surface area contributed by atoms with Gasteiger partial charge in [0, 0.05) is 30.1 Å². The van der Waals surface area contributed by atoms with Crippen LogP contribution in [0.15, 0.2) is 97.5 Å². The fourth-order valence-corrected chi connectivity index (χ4v) is 4.74. The Hall–Kier alpha value is -4.98. The van der Waals surface area contributed by atoms with Crippen molar-refractivity contribution in [3.8, 4) is 5.69 Å². The summed E-state index contributed by atoms with van der Waals surface area (Å²) in [7, 11) is 1.62. The molecule has 0 bridgehead atoms. The number of hydrogen-bond acceptors (Lipinski definition) is 5. The highest BCUT2D eigenvalue weighted by Gasteiger charge is 2.17. The number of nitrogens with zero attached hydrogens (tertiary/aromatic N) is 4. The van der Waals surface area contributed by atoms with Crippen molar-refractivity contribution in [3.63, 3.8) is 0 Å². The van der Waals surface area contributed by atoms with Crippen LogP contribution in [0.25, 0.3) is 16.7 Å². The number of carbonyl (C=O) groups is 2. The molecule has 41 heavy (non-hydrogen) atoms. The summed E-state index contributed by atoms with van der Waals surface area (Å²) in [5.74, 6) is -0.507. The SMILES string of the molecule is CCOC(=O)c1nn(Cc2ccccc2)cc1CC/C=C\Cc1ccc(-n2cnc3cc(C(=O)NC)ccc32)cc1. The van der Waals surface area contributed by atoms with Gasteiger partial charge in [-0.05, 0) is 67.6 Å². The van der Waals surface area contributed by atoms with E-state index in [-0.39, 0.29) is 11.9 Å². The molecule has 1 amide bonds. The Morgan fingerprint density at radius 1 is 0.976 bits per heavy atom. The van der Waals surface area contributed by atoms with Crippen LogP contribution in [0.2, 0.25) is 0 Å². The summed E-state index contributed by atoms with van der Waals surface area (Å²) in [5.41, 5.74) is 6.91. The molecule has 5 aromatic rings. The minimum absolute atomic E-state index is 0.128. The number of esters is 1. The summed E-state index contributed by atoms with van der Waals surface area (Å²) in [6.07, 6.45) is 10.3. The highest BCUT2D eigenvalue weighted by molar-refractivity contribution is 5.97. The molecule has 0 aliphatic heterocycles. The fourth-order valence-electron chi connectivity index (χ4n) is 4.74. The van der Waals surface area contributed by atoms with Gasteiger partial charge in [-0.15, -0.1) is 0 Å². The van der Waals surface area contributed by atoms with Gasteiger partial charge in [0.2, 0.25) is 0 Å². The summed E-state index contributed by atoms with van der Waals surface area (Å²) in [5, 5.41) is 7.17. The smallest absolute Gasteiger partial charge is 0.359 e. The first-order valence-corrected chi connectivity index (χ1v) is 13.8. The maximum atomic E-state index is 12.5. The Morgan fingerprint density at radius 2 is 1.78 bits per heavy atom. The van der Waals surface area contributed by atoms with Crippen LogP contribution in [-0.4, -0.2) is 44.9 Å². The number of benzene rings is 3. The lowest BCUT2D eigenvalue weighted by Crippen LogP contribution is -2.17. The Bertz CT molecular complexity index is 1670. The van der Waals surface area contributed by atoms with Crippen molar-refractivity contribution in [3.05, 3.63) is 125 Å². The van der Waals surface area contributed by atoms with Gasteiger partial charge < -0.3 is 10.1 Å². The molecule has 0 atom stereocenters. The molecule has 3 aromatic carbocycles. The molecule has 2 heterocycles. The van der Waals surface area contributed by atoms with Crippen molar-refractivity contribution in [1.82, 2.24) is 24.6 Å². The molecular formula is C33H33N5O3. The predicted octanol–water partition coefficient (Wildman–Crippen LogP) is 5.54. The largest absolute Gasteiger partial charge is 0.461 e. The van der Waals surface area contributed by atoms with E-state index in [0.717, 1.165) is 40.7 Å². The molecule has 208 valence electrons. The zero-order valence-electron chi connectivity index (χ0n) is 23.3. The van der Waals surface area contributed by atoms with Crippen molar-refractivity contribution >= 4 is 22.9 Å². The topological polar surface area (TPSA) is 91.0 Å². The quantitative estimate of drug-likeness (QED) is 0.173. The van der Waals surface area contributed by atoms with E-state index in [4.69, 9.17) is 4.74 Å². The second-order valence-corrected chi connectivity index (χ2v) is 9.68. The maximum Gasteiger partial charge on any atom is 0.359 e. The highest BCUT2D eigenvalue weighted by atomic mass is 16.5. The number of allylic oxidation sites excluding steroid dienone is 2. The molecular weight excluding hydrogens is 514 g/mol. The Kier molecular flexibility index (Phi) is 8.69. The first kappa shape index (κ1) is 27.6. The van der Waals surface area contributed by atoms with Gasteiger partial charge in [0.15, 0.2) is 5.69 Å². The van der Waals surface area contributed by atoms with Gasteiger partial charge >= 0.3 is 5.97 Å². The van der Waals surface area contributed by atoms with E-state index in [0.29, 0.717) is 30.8 Å². The number of nitrogens with one attached hydrogen (secondary N) is 1. The van der Waals surface area contributed by atoms with Gasteiger partial charge in [-0.2, -0.15) is 5.10 Å². The number of imidazole rings is 1. The highest BCUT2D eigenvalue weighted by Crippen LogP contribution is 2.20. The van der Waals surface area contributed by atoms with Crippen LogP contribution in [0.3, 0.4) is 0 Å². The normalized spacial score (nSPS) is 11.3. The molecule has 8 nitrogen and oxygen atoms in total. The molecule has 5 rings (SSSR count). The zero-order chi connectivity index (χ0) is 28.6. The molecule has 0 fully saturated rings. The zero-order valence-corrected chi connectivity index (χ0v) is 23.3. The Balaban J connectivity index is 1.19. The van der Waals surface area contributed by atoms with E-state index in [2.05, 4.69) is 51.8 Å². The molecule has 0 unspecified atom stereocenters. The second-order valence-electron chi connectivity index (χ2n) is 9.68.